The number of carbonyl (C=O) groups is 1. The number of aliphatic hydroxyl groups excluding tert-OH is 1. The van der Waals surface area contributed by atoms with Crippen molar-refractivity contribution in [1.29, 1.82) is 0 Å². The molecule has 1 atom stereocenters. The second-order valence-electron chi connectivity index (χ2n) is 10.4. The first-order valence-electron chi connectivity index (χ1n) is 13.0. The molecule has 0 fully saturated rings. The van der Waals surface area contributed by atoms with Crippen molar-refractivity contribution in [3.05, 3.63) is 102 Å². The molecule has 5 N–H and O–H groups in total. The Morgan fingerprint density at radius 1 is 0.927 bits per heavy atom. The topological polar surface area (TPSA) is 110 Å². The number of nitrogens with two attached hydrogens (primary N) is 1. The van der Waals surface area contributed by atoms with Crippen molar-refractivity contribution in [2.24, 2.45) is 5.73 Å². The van der Waals surface area contributed by atoms with E-state index in [-0.39, 0.29) is 32.0 Å². The molecule has 8 heteroatoms. The van der Waals surface area contributed by atoms with E-state index in [1.165, 1.54) is 0 Å². The Labute approximate surface area is 247 Å². The molecule has 0 radical (unpaired) electrons. The van der Waals surface area contributed by atoms with Crippen LogP contribution in [0.1, 0.15) is 37.2 Å². The summed E-state index contributed by atoms with van der Waals surface area (Å²) < 4.78 is 11.9. The highest BCUT2D eigenvalue weighted by Crippen LogP contribution is 2.33. The van der Waals surface area contributed by atoms with Crippen LogP contribution in [0.4, 0.5) is 0 Å². The predicted octanol–water partition coefficient (Wildman–Crippen LogP) is 6.62. The molecular weight excluding hydrogens is 538 g/mol. The highest BCUT2D eigenvalue weighted by molar-refractivity contribution is 6.10. The number of benzene rings is 4. The average molecular weight is 576 g/mol. The molecule has 41 heavy (non-hydrogen) atoms. The average Bonchev–Trinajstić information content (AvgIpc) is 3.31. The fourth-order valence-corrected chi connectivity index (χ4v) is 4.70. The van der Waals surface area contributed by atoms with Crippen molar-refractivity contribution >= 4 is 40.1 Å². The minimum Gasteiger partial charge on any atom is -0.490 e. The molecule has 0 aliphatic carbocycles. The molecular formula is C33H38ClN3O4. The Hall–Kier alpha value is -4.04. The lowest BCUT2D eigenvalue weighted by Crippen LogP contribution is -2.46. The van der Waals surface area contributed by atoms with Crippen molar-refractivity contribution < 1.29 is 19.4 Å². The number of amides is 1. The third-order valence-corrected chi connectivity index (χ3v) is 6.68. The molecule has 5 rings (SSSR count). The Balaban J connectivity index is 0.00000231. The zero-order chi connectivity index (χ0) is 27.4. The van der Waals surface area contributed by atoms with Crippen LogP contribution in [-0.2, 0) is 6.42 Å². The zero-order valence-corrected chi connectivity index (χ0v) is 23.3. The van der Waals surface area contributed by atoms with Crippen molar-refractivity contribution in [2.45, 2.75) is 39.3 Å². The minimum atomic E-state index is -0.665. The van der Waals surface area contributed by atoms with E-state index < -0.39 is 12.0 Å². The Kier molecular flexibility index (Phi) is 10.4. The monoisotopic (exact) mass is 575 g/mol. The predicted molar refractivity (Wildman–Crippen MR) is 169 cm³/mol. The van der Waals surface area contributed by atoms with Gasteiger partial charge in [0.15, 0.2) is 0 Å². The molecule has 0 saturated heterocycles. The van der Waals surface area contributed by atoms with Gasteiger partial charge in [0, 0.05) is 33.9 Å². The number of hydrogen-bond donors (Lipinski definition) is 4. The van der Waals surface area contributed by atoms with Crippen LogP contribution in [0.2, 0.25) is 0 Å². The summed E-state index contributed by atoms with van der Waals surface area (Å²) in [6.45, 7) is 4.81. The van der Waals surface area contributed by atoms with Gasteiger partial charge in [0.05, 0.1) is 5.52 Å². The van der Waals surface area contributed by atoms with Crippen LogP contribution < -0.4 is 20.5 Å². The smallest absolute Gasteiger partial charge is 0.248 e. The Morgan fingerprint density at radius 3 is 2.24 bits per heavy atom. The third kappa shape index (κ3) is 7.79. The van der Waals surface area contributed by atoms with Gasteiger partial charge in [-0.1, -0.05) is 43.8 Å². The Morgan fingerprint density at radius 2 is 1.56 bits per heavy atom. The highest BCUT2D eigenvalue weighted by Gasteiger charge is 2.20. The summed E-state index contributed by atoms with van der Waals surface area (Å²) in [4.78, 5) is 14.6. The van der Waals surface area contributed by atoms with Gasteiger partial charge in [-0.3, -0.25) is 4.79 Å². The summed E-state index contributed by atoms with van der Waals surface area (Å²) in [7, 11) is 0. The molecule has 4 aromatic carbocycles. The van der Waals surface area contributed by atoms with Gasteiger partial charge in [-0.2, -0.15) is 0 Å². The van der Waals surface area contributed by atoms with Crippen LogP contribution in [0.3, 0.4) is 0 Å². The van der Waals surface area contributed by atoms with E-state index >= 15 is 0 Å². The maximum Gasteiger partial charge on any atom is 0.248 e. The molecule has 216 valence electrons. The quantitative estimate of drug-likeness (QED) is 0.141. The van der Waals surface area contributed by atoms with E-state index in [0.29, 0.717) is 23.6 Å². The lowest BCUT2D eigenvalue weighted by atomic mass is 9.94. The molecule has 0 bridgehead atoms. The van der Waals surface area contributed by atoms with E-state index in [2.05, 4.69) is 30.2 Å². The van der Waals surface area contributed by atoms with Crippen LogP contribution in [-0.4, -0.2) is 40.8 Å². The zero-order valence-electron chi connectivity index (χ0n) is 22.5. The second kappa shape index (κ2) is 13.5. The van der Waals surface area contributed by atoms with Gasteiger partial charge < -0.3 is 30.6 Å². The maximum absolute atomic E-state index is 11.2. The molecule has 5 aromatic rings. The first kappa shape index (κ1) is 31.5. The van der Waals surface area contributed by atoms with Gasteiger partial charge in [0.25, 0.3) is 0 Å². The molecule has 7 nitrogen and oxygen atoms in total. The molecule has 0 aliphatic heterocycles. The van der Waals surface area contributed by atoms with E-state index in [0.717, 1.165) is 39.5 Å². The first-order valence-corrected chi connectivity index (χ1v) is 13.0. The molecule has 1 aromatic heterocycles. The van der Waals surface area contributed by atoms with E-state index in [9.17, 15) is 9.90 Å². The fourth-order valence-electron chi connectivity index (χ4n) is 4.70. The van der Waals surface area contributed by atoms with Crippen LogP contribution in [0.15, 0.2) is 91.0 Å². The van der Waals surface area contributed by atoms with Gasteiger partial charge >= 0.3 is 0 Å². The highest BCUT2D eigenvalue weighted by atomic mass is 35.5. The fraction of sp³-hybridized carbons (Fsp3) is 0.242. The van der Waals surface area contributed by atoms with Crippen LogP contribution >= 0.6 is 12.4 Å². The number of halogens is 1. The SMILES string of the molecule is C.CC(C)(Cc1ccc(Oc2ccc(C(N)=O)cc2)cc1)NC[C@H](O)COc1cccc2[nH]c3ccccc3c12.Cl. The number of aromatic amines is 1. The number of primary amides is 1. The summed E-state index contributed by atoms with van der Waals surface area (Å²) in [6, 6.07) is 28.7. The lowest BCUT2D eigenvalue weighted by Gasteiger charge is -2.28. The number of fused-ring (bicyclic) bond motifs is 3. The van der Waals surface area contributed by atoms with Crippen LogP contribution in [0.5, 0.6) is 17.2 Å². The molecule has 0 saturated carbocycles. The minimum absolute atomic E-state index is 0. The number of carbonyl (C=O) groups excluding carboxylic acids is 1. The van der Waals surface area contributed by atoms with E-state index in [1.54, 1.807) is 24.3 Å². The van der Waals surface area contributed by atoms with Gasteiger partial charge in [-0.15, -0.1) is 12.4 Å². The number of aromatic nitrogens is 1. The van der Waals surface area contributed by atoms with Crippen molar-refractivity contribution in [3.8, 4) is 17.2 Å². The summed E-state index contributed by atoms with van der Waals surface area (Å²) in [5.41, 5.74) is 8.70. The number of ether oxygens (including phenoxy) is 2. The third-order valence-electron chi connectivity index (χ3n) is 6.68. The maximum atomic E-state index is 11.2. The molecule has 1 heterocycles. The van der Waals surface area contributed by atoms with Gasteiger partial charge in [-0.05, 0) is 80.4 Å². The van der Waals surface area contributed by atoms with Gasteiger partial charge in [-0.25, -0.2) is 0 Å². The van der Waals surface area contributed by atoms with Gasteiger partial charge in [0.2, 0.25) is 5.91 Å². The Bertz CT molecular complexity index is 1580. The van der Waals surface area contributed by atoms with Crippen molar-refractivity contribution in [2.75, 3.05) is 13.2 Å². The molecule has 1 amide bonds. The van der Waals surface area contributed by atoms with Gasteiger partial charge in [0.1, 0.15) is 30.0 Å². The first-order chi connectivity index (χ1) is 18.8. The molecule has 0 aliphatic rings. The number of H-pyrrole nitrogens is 1. The van der Waals surface area contributed by atoms with Crippen LogP contribution in [0, 0.1) is 0 Å². The summed E-state index contributed by atoms with van der Waals surface area (Å²) >= 11 is 0. The second-order valence-corrected chi connectivity index (χ2v) is 10.4. The lowest BCUT2D eigenvalue weighted by molar-refractivity contribution is 0.0995. The molecule has 0 spiro atoms. The number of nitrogens with one attached hydrogen (secondary N) is 2. The number of β-amino-alcohol motifs (C(OH)–C–C–N with tert-alkyl or cyclic N) is 1. The van der Waals surface area contributed by atoms with E-state index in [4.69, 9.17) is 15.2 Å². The van der Waals surface area contributed by atoms with Crippen molar-refractivity contribution in [1.82, 2.24) is 10.3 Å². The number of para-hydroxylation sites is 1. The largest absolute Gasteiger partial charge is 0.490 e. The van der Waals surface area contributed by atoms with E-state index in [1.807, 2.05) is 60.7 Å². The number of hydrogen-bond acceptors (Lipinski definition) is 5. The number of rotatable bonds is 11. The summed E-state index contributed by atoms with van der Waals surface area (Å²) in [5.74, 6) is 1.63. The van der Waals surface area contributed by atoms with Crippen molar-refractivity contribution in [3.63, 3.8) is 0 Å². The standard InChI is InChI=1S/C32H33N3O4.CH4.ClH/c1-32(2,18-21-10-14-24(15-11-21)39-25-16-12-22(13-17-25)31(33)37)34-19-23(36)20-38-29-9-5-8-28-30(29)26-6-3-4-7-27(26)35-28;;/h3-17,23,34-36H,18-20H2,1-2H3,(H2,33,37);1H4;1H/t23-;;/m0../s1. The summed E-state index contributed by atoms with van der Waals surface area (Å²) in [6.07, 6.45) is 0.101. The van der Waals surface area contributed by atoms with Crippen LogP contribution in [0.25, 0.3) is 21.8 Å². The normalized spacial score (nSPS) is 11.9. The molecule has 0 unspecified atom stereocenters. The summed E-state index contributed by atoms with van der Waals surface area (Å²) in [5, 5.41) is 16.3. The number of aliphatic hydroxyl groups is 1.